The lowest BCUT2D eigenvalue weighted by Gasteiger charge is -2.13. The Morgan fingerprint density at radius 3 is 2.18 bits per heavy atom. The van der Waals surface area contributed by atoms with Gasteiger partial charge in [-0.2, -0.15) is 0 Å². The Morgan fingerprint density at radius 2 is 1.73 bits per heavy atom. The first-order chi connectivity index (χ1) is 9.84. The lowest BCUT2D eigenvalue weighted by atomic mass is 10.2. The summed E-state index contributed by atoms with van der Waals surface area (Å²) >= 11 is 0. The molecule has 4 N–H and O–H groups in total. The van der Waals surface area contributed by atoms with E-state index in [0.29, 0.717) is 0 Å². The molecule has 0 aromatic heterocycles. The summed E-state index contributed by atoms with van der Waals surface area (Å²) in [6, 6.07) is -1.24. The maximum Gasteiger partial charge on any atom is 0.408 e. The molecule has 0 aliphatic rings. The number of nitrogens with two attached hydrogens (primary N) is 1. The first-order valence-corrected chi connectivity index (χ1v) is 10.7. The molecule has 0 fully saturated rings. The monoisotopic (exact) mass is 359 g/mol. The predicted octanol–water partition coefficient (Wildman–Crippen LogP) is 0.0305. The molecule has 0 rings (SSSR count). The van der Waals surface area contributed by atoms with Gasteiger partial charge in [-0.15, -0.1) is 4.67 Å². The Labute approximate surface area is 126 Å². The number of carbonyl (C=O) groups excluding carboxylic acids is 2. The van der Waals surface area contributed by atoms with Crippen molar-refractivity contribution < 1.29 is 43.1 Å². The zero-order valence-corrected chi connectivity index (χ0v) is 13.9. The Morgan fingerprint density at radius 1 is 1.18 bits per heavy atom. The van der Waals surface area contributed by atoms with Gasteiger partial charge in [-0.25, -0.2) is 4.79 Å². The van der Waals surface area contributed by atoms with Crippen molar-refractivity contribution in [2.75, 3.05) is 25.7 Å². The van der Waals surface area contributed by atoms with Crippen LogP contribution in [0.15, 0.2) is 0 Å². The van der Waals surface area contributed by atoms with Gasteiger partial charge in [-0.1, -0.05) is 0 Å². The SMILES string of the molecule is CP(=O)(O)CCC(=O)C(=O)OOP(C)(=O)CC[C@H](N)C(=O)O. The molecule has 0 saturated heterocycles. The van der Waals surface area contributed by atoms with Gasteiger partial charge in [-0.05, 0) is 6.42 Å². The third-order valence-electron chi connectivity index (χ3n) is 2.42. The van der Waals surface area contributed by atoms with Crippen molar-refractivity contribution in [3.63, 3.8) is 0 Å². The minimum Gasteiger partial charge on any atom is -0.480 e. The highest BCUT2D eigenvalue weighted by molar-refractivity contribution is 7.58. The molecule has 0 aliphatic heterocycles. The number of hydrogen-bond acceptors (Lipinski definition) is 8. The van der Waals surface area contributed by atoms with E-state index in [0.717, 1.165) is 13.3 Å². The minimum absolute atomic E-state index is 0.169. The summed E-state index contributed by atoms with van der Waals surface area (Å²) < 4.78 is 27.2. The Hall–Kier alpha value is -1.05. The number of rotatable bonds is 10. The van der Waals surface area contributed by atoms with Gasteiger partial charge in [0.05, 0.1) is 0 Å². The first kappa shape index (κ1) is 20.9. The minimum atomic E-state index is -3.47. The van der Waals surface area contributed by atoms with E-state index in [-0.39, 0.29) is 12.6 Å². The molecule has 22 heavy (non-hydrogen) atoms. The maximum atomic E-state index is 11.8. The quantitative estimate of drug-likeness (QED) is 0.209. The summed E-state index contributed by atoms with van der Waals surface area (Å²) in [6.45, 7) is 2.13. The summed E-state index contributed by atoms with van der Waals surface area (Å²) in [6.07, 6.45) is -1.33. The van der Waals surface area contributed by atoms with E-state index in [1.165, 1.54) is 0 Å². The van der Waals surface area contributed by atoms with E-state index in [1.54, 1.807) is 0 Å². The van der Waals surface area contributed by atoms with E-state index in [2.05, 4.69) is 9.56 Å². The molecule has 0 aromatic rings. The van der Waals surface area contributed by atoms with Crippen molar-refractivity contribution in [2.24, 2.45) is 5.73 Å². The third kappa shape index (κ3) is 9.81. The maximum absolute atomic E-state index is 11.8. The molecule has 0 bridgehead atoms. The molecule has 0 amide bonds. The fourth-order valence-corrected chi connectivity index (χ4v) is 2.77. The van der Waals surface area contributed by atoms with E-state index < -0.39 is 51.1 Å². The van der Waals surface area contributed by atoms with Crippen LogP contribution in [0.2, 0.25) is 0 Å². The highest BCUT2D eigenvalue weighted by Gasteiger charge is 2.26. The molecule has 3 atom stereocenters. The van der Waals surface area contributed by atoms with Crippen LogP contribution in [0.3, 0.4) is 0 Å². The van der Waals surface area contributed by atoms with Gasteiger partial charge in [0.15, 0.2) is 7.37 Å². The molecule has 10 nitrogen and oxygen atoms in total. The first-order valence-electron chi connectivity index (χ1n) is 6.12. The molecular formula is C10H19NO9P2. The van der Waals surface area contributed by atoms with Crippen molar-refractivity contribution in [1.82, 2.24) is 0 Å². The number of carboxylic acids is 1. The lowest BCUT2D eigenvalue weighted by molar-refractivity contribution is -0.212. The summed E-state index contributed by atoms with van der Waals surface area (Å²) in [5.74, 6) is -3.82. The van der Waals surface area contributed by atoms with Crippen molar-refractivity contribution >= 4 is 32.5 Å². The molecule has 0 saturated carbocycles. The van der Waals surface area contributed by atoms with Crippen LogP contribution in [0.1, 0.15) is 12.8 Å². The van der Waals surface area contributed by atoms with Gasteiger partial charge in [0.1, 0.15) is 6.04 Å². The van der Waals surface area contributed by atoms with Crippen molar-refractivity contribution in [2.45, 2.75) is 18.9 Å². The average Bonchev–Trinajstić information content (AvgIpc) is 2.38. The normalized spacial score (nSPS) is 17.8. The van der Waals surface area contributed by atoms with Crippen LogP contribution in [0, 0.1) is 0 Å². The highest BCUT2D eigenvalue weighted by atomic mass is 31.2. The number of carboxylic acid groups (broad SMARTS) is 1. The zero-order valence-electron chi connectivity index (χ0n) is 12.1. The van der Waals surface area contributed by atoms with Crippen LogP contribution < -0.4 is 5.73 Å². The molecule has 12 heteroatoms. The topological polar surface area (TPSA) is 170 Å². The van der Waals surface area contributed by atoms with Crippen LogP contribution >= 0.6 is 14.7 Å². The van der Waals surface area contributed by atoms with Crippen LogP contribution in [0.5, 0.6) is 0 Å². The second-order valence-electron chi connectivity index (χ2n) is 4.86. The summed E-state index contributed by atoms with van der Waals surface area (Å²) in [5.41, 5.74) is 5.22. The van der Waals surface area contributed by atoms with Gasteiger partial charge in [0.2, 0.25) is 13.2 Å². The van der Waals surface area contributed by atoms with Gasteiger partial charge in [0.25, 0.3) is 0 Å². The Balaban J connectivity index is 4.27. The summed E-state index contributed by atoms with van der Waals surface area (Å²) in [7, 11) is -6.91. The molecule has 2 unspecified atom stereocenters. The number of aliphatic carboxylic acids is 1. The number of Topliss-reactive ketones (excluding diaryl/α,β-unsaturated/α-hetero) is 1. The van der Waals surface area contributed by atoms with E-state index in [9.17, 15) is 23.5 Å². The molecular weight excluding hydrogens is 340 g/mol. The average molecular weight is 359 g/mol. The Kier molecular flexibility index (Phi) is 8.14. The van der Waals surface area contributed by atoms with Crippen molar-refractivity contribution in [3.8, 4) is 0 Å². The van der Waals surface area contributed by atoms with Crippen LogP contribution in [0.4, 0.5) is 0 Å². The zero-order chi connectivity index (χ0) is 17.6. The van der Waals surface area contributed by atoms with E-state index in [4.69, 9.17) is 15.7 Å². The number of carbonyl (C=O) groups is 3. The second-order valence-corrected chi connectivity index (χ2v) is 10.0. The lowest BCUT2D eigenvalue weighted by Crippen LogP contribution is -2.31. The molecule has 0 aromatic carbocycles. The van der Waals surface area contributed by atoms with Crippen LogP contribution in [0.25, 0.3) is 0 Å². The molecule has 0 heterocycles. The van der Waals surface area contributed by atoms with E-state index in [1.807, 2.05) is 0 Å². The fourth-order valence-electron chi connectivity index (χ4n) is 1.10. The van der Waals surface area contributed by atoms with Crippen molar-refractivity contribution in [3.05, 3.63) is 0 Å². The standard InChI is InChI=1S/C10H19NO9P2/c1-21(16,17)5-4-8(12)10(15)19-20-22(2,18)6-3-7(11)9(13)14/h7H,3-6,11H2,1-2H3,(H,13,14)(H,16,17)/t7-,22?/m0/s1. The van der Waals surface area contributed by atoms with Crippen molar-refractivity contribution in [1.29, 1.82) is 0 Å². The summed E-state index contributed by atoms with van der Waals surface area (Å²) in [4.78, 5) is 46.1. The second kappa shape index (κ2) is 8.55. The largest absolute Gasteiger partial charge is 0.480 e. The van der Waals surface area contributed by atoms with Crippen LogP contribution in [-0.2, 0) is 33.1 Å². The summed E-state index contributed by atoms with van der Waals surface area (Å²) in [5, 5.41) is 8.57. The number of ketones is 1. The highest BCUT2D eigenvalue weighted by Crippen LogP contribution is 2.43. The van der Waals surface area contributed by atoms with E-state index >= 15 is 0 Å². The molecule has 128 valence electrons. The fraction of sp³-hybridized carbons (Fsp3) is 0.700. The van der Waals surface area contributed by atoms with Gasteiger partial charge in [0, 0.05) is 32.1 Å². The Bertz CT molecular complexity index is 526. The predicted molar refractivity (Wildman–Crippen MR) is 76.0 cm³/mol. The van der Waals surface area contributed by atoms with Gasteiger partial charge >= 0.3 is 11.9 Å². The molecule has 0 radical (unpaired) electrons. The van der Waals surface area contributed by atoms with Crippen LogP contribution in [-0.4, -0.2) is 59.4 Å². The molecule has 0 aliphatic carbocycles. The van der Waals surface area contributed by atoms with Gasteiger partial charge in [-0.3, -0.25) is 23.6 Å². The number of hydrogen-bond donors (Lipinski definition) is 3. The third-order valence-corrected chi connectivity index (χ3v) is 4.93. The van der Waals surface area contributed by atoms with Gasteiger partial charge < -0.3 is 15.7 Å². The smallest absolute Gasteiger partial charge is 0.408 e. The molecule has 0 spiro atoms.